The van der Waals surface area contributed by atoms with E-state index in [9.17, 15) is 14.5 Å². The van der Waals surface area contributed by atoms with E-state index < -0.39 is 4.92 Å². The molecule has 0 spiro atoms. The van der Waals surface area contributed by atoms with Crippen LogP contribution in [0, 0.1) is 15.9 Å². The molecular formula is C19H23FIN5O2. The largest absolute Gasteiger partial charge is 0.366 e. The molecule has 0 amide bonds. The van der Waals surface area contributed by atoms with E-state index in [1.54, 1.807) is 31.3 Å². The van der Waals surface area contributed by atoms with Gasteiger partial charge in [0.15, 0.2) is 5.96 Å². The summed E-state index contributed by atoms with van der Waals surface area (Å²) in [5.41, 5.74) is 1.64. The summed E-state index contributed by atoms with van der Waals surface area (Å²) in [5.74, 6) is 0.563. The van der Waals surface area contributed by atoms with Crippen molar-refractivity contribution in [3.8, 4) is 0 Å². The van der Waals surface area contributed by atoms with Gasteiger partial charge in [-0.1, -0.05) is 24.3 Å². The summed E-state index contributed by atoms with van der Waals surface area (Å²) in [6.45, 7) is 3.40. The van der Waals surface area contributed by atoms with E-state index in [1.807, 2.05) is 11.0 Å². The molecule has 1 fully saturated rings. The molecule has 1 aliphatic rings. The molecule has 2 aromatic carbocycles. The molecule has 28 heavy (non-hydrogen) atoms. The third-order valence-corrected chi connectivity index (χ3v) is 4.58. The van der Waals surface area contributed by atoms with Crippen LogP contribution in [0.4, 0.5) is 15.8 Å². The van der Waals surface area contributed by atoms with Crippen molar-refractivity contribution in [1.82, 2.24) is 10.2 Å². The summed E-state index contributed by atoms with van der Waals surface area (Å²) < 4.78 is 13.9. The first-order valence-corrected chi connectivity index (χ1v) is 8.77. The molecule has 1 aliphatic heterocycles. The van der Waals surface area contributed by atoms with Gasteiger partial charge in [-0.2, -0.15) is 0 Å². The van der Waals surface area contributed by atoms with Crippen molar-refractivity contribution in [3.63, 3.8) is 0 Å². The minimum Gasteiger partial charge on any atom is -0.366 e. The summed E-state index contributed by atoms with van der Waals surface area (Å²) in [5, 5.41) is 14.0. The lowest BCUT2D eigenvalue weighted by molar-refractivity contribution is -0.384. The second-order valence-electron chi connectivity index (χ2n) is 6.25. The minimum atomic E-state index is -0.412. The molecule has 1 saturated heterocycles. The average Bonchev–Trinajstić information content (AvgIpc) is 2.70. The lowest BCUT2D eigenvalue weighted by atomic mass is 10.2. The fourth-order valence-electron chi connectivity index (χ4n) is 3.12. The molecule has 2 aromatic rings. The standard InChI is InChI=1S/C19H22FN5O2.HI/c1-21-19(22-14-15-6-8-16(9-7-15)25(26)27)24-12-10-23(11-13-24)18-5-3-2-4-17(18)20;/h2-9H,10-14H2,1H3,(H,21,22);1H. The van der Waals surface area contributed by atoms with Crippen LogP contribution in [0.1, 0.15) is 5.56 Å². The molecule has 1 N–H and O–H groups in total. The number of para-hydroxylation sites is 1. The van der Waals surface area contributed by atoms with Gasteiger partial charge in [0.1, 0.15) is 5.82 Å². The number of piperazine rings is 1. The first-order valence-electron chi connectivity index (χ1n) is 8.77. The topological polar surface area (TPSA) is 74.0 Å². The van der Waals surface area contributed by atoms with Gasteiger partial charge >= 0.3 is 0 Å². The maximum Gasteiger partial charge on any atom is 0.269 e. The SMILES string of the molecule is CN=C(NCc1ccc([N+](=O)[O-])cc1)N1CCN(c2ccccc2F)CC1.I. The Balaban J connectivity index is 0.00000280. The number of guanidine groups is 1. The van der Waals surface area contributed by atoms with E-state index in [-0.39, 0.29) is 35.5 Å². The van der Waals surface area contributed by atoms with Crippen LogP contribution in [0.25, 0.3) is 0 Å². The molecule has 9 heteroatoms. The average molecular weight is 499 g/mol. The highest BCUT2D eigenvalue weighted by molar-refractivity contribution is 14.0. The molecular weight excluding hydrogens is 476 g/mol. The molecule has 7 nitrogen and oxygen atoms in total. The number of nitrogens with zero attached hydrogens (tertiary/aromatic N) is 4. The Morgan fingerprint density at radius 2 is 1.79 bits per heavy atom. The Bertz CT molecular complexity index is 823. The predicted octanol–water partition coefficient (Wildman–Crippen LogP) is 3.25. The molecule has 0 radical (unpaired) electrons. The Labute approximate surface area is 180 Å². The van der Waals surface area contributed by atoms with Crippen molar-refractivity contribution in [2.45, 2.75) is 6.54 Å². The monoisotopic (exact) mass is 499 g/mol. The van der Waals surface area contributed by atoms with Gasteiger partial charge < -0.3 is 15.1 Å². The van der Waals surface area contributed by atoms with E-state index in [2.05, 4.69) is 15.2 Å². The van der Waals surface area contributed by atoms with Crippen LogP contribution < -0.4 is 10.2 Å². The second-order valence-corrected chi connectivity index (χ2v) is 6.25. The van der Waals surface area contributed by atoms with E-state index >= 15 is 0 Å². The molecule has 0 saturated carbocycles. The molecule has 0 unspecified atom stereocenters. The Hall–Kier alpha value is -2.43. The molecule has 0 aromatic heterocycles. The minimum absolute atomic E-state index is 0. The number of non-ortho nitro benzene ring substituents is 1. The van der Waals surface area contributed by atoms with Crippen LogP contribution in [-0.2, 0) is 6.54 Å². The normalized spacial score (nSPS) is 14.4. The highest BCUT2D eigenvalue weighted by Gasteiger charge is 2.21. The highest BCUT2D eigenvalue weighted by atomic mass is 127. The van der Waals surface area contributed by atoms with Crippen molar-refractivity contribution < 1.29 is 9.31 Å². The molecule has 0 atom stereocenters. The summed E-state index contributed by atoms with van der Waals surface area (Å²) in [7, 11) is 1.72. The number of halogens is 2. The Morgan fingerprint density at radius 1 is 1.14 bits per heavy atom. The van der Waals surface area contributed by atoms with Crippen LogP contribution in [0.15, 0.2) is 53.5 Å². The zero-order valence-electron chi connectivity index (χ0n) is 15.5. The summed E-state index contributed by atoms with van der Waals surface area (Å²) in [6.07, 6.45) is 0. The van der Waals surface area contributed by atoms with E-state index in [0.717, 1.165) is 24.6 Å². The van der Waals surface area contributed by atoms with Gasteiger partial charge in [-0.05, 0) is 17.7 Å². The summed E-state index contributed by atoms with van der Waals surface area (Å²) in [6, 6.07) is 13.3. The predicted molar refractivity (Wildman–Crippen MR) is 119 cm³/mol. The summed E-state index contributed by atoms with van der Waals surface area (Å²) in [4.78, 5) is 18.8. The number of nitrogens with one attached hydrogen (secondary N) is 1. The number of hydrogen-bond acceptors (Lipinski definition) is 4. The van der Waals surface area contributed by atoms with Gasteiger partial charge in [0.05, 0.1) is 10.6 Å². The smallest absolute Gasteiger partial charge is 0.269 e. The fraction of sp³-hybridized carbons (Fsp3) is 0.316. The maximum absolute atomic E-state index is 13.9. The van der Waals surface area contributed by atoms with Gasteiger partial charge in [0.25, 0.3) is 5.69 Å². The fourth-order valence-corrected chi connectivity index (χ4v) is 3.12. The third kappa shape index (κ3) is 5.31. The number of hydrogen-bond donors (Lipinski definition) is 1. The second kappa shape index (κ2) is 10.2. The molecule has 3 rings (SSSR count). The van der Waals surface area contributed by atoms with Crippen molar-refractivity contribution in [2.24, 2.45) is 4.99 Å². The van der Waals surface area contributed by atoms with Gasteiger partial charge in [0.2, 0.25) is 0 Å². The van der Waals surface area contributed by atoms with E-state index in [0.29, 0.717) is 25.3 Å². The number of benzene rings is 2. The van der Waals surface area contributed by atoms with Crippen LogP contribution in [0.3, 0.4) is 0 Å². The van der Waals surface area contributed by atoms with Crippen LogP contribution in [0.2, 0.25) is 0 Å². The Kier molecular flexibility index (Phi) is 7.97. The van der Waals surface area contributed by atoms with Crippen molar-refractivity contribution in [3.05, 3.63) is 70.0 Å². The van der Waals surface area contributed by atoms with Gasteiger partial charge in [-0.25, -0.2) is 4.39 Å². The van der Waals surface area contributed by atoms with Crippen molar-refractivity contribution in [1.29, 1.82) is 0 Å². The number of nitro groups is 1. The van der Waals surface area contributed by atoms with Crippen LogP contribution in [-0.4, -0.2) is 49.0 Å². The van der Waals surface area contributed by atoms with Crippen molar-refractivity contribution >= 4 is 41.3 Å². The number of anilines is 1. The zero-order chi connectivity index (χ0) is 19.2. The molecule has 0 aliphatic carbocycles. The Morgan fingerprint density at radius 3 is 2.36 bits per heavy atom. The molecule has 150 valence electrons. The quantitative estimate of drug-likeness (QED) is 0.230. The third-order valence-electron chi connectivity index (χ3n) is 4.58. The summed E-state index contributed by atoms with van der Waals surface area (Å²) >= 11 is 0. The van der Waals surface area contributed by atoms with E-state index in [1.165, 1.54) is 18.2 Å². The lowest BCUT2D eigenvalue weighted by Gasteiger charge is -2.37. The van der Waals surface area contributed by atoms with E-state index in [4.69, 9.17) is 0 Å². The van der Waals surface area contributed by atoms with Gasteiger partial charge in [0, 0.05) is 51.9 Å². The molecule has 1 heterocycles. The molecule has 0 bridgehead atoms. The van der Waals surface area contributed by atoms with Gasteiger partial charge in [-0.3, -0.25) is 15.1 Å². The van der Waals surface area contributed by atoms with Crippen molar-refractivity contribution in [2.75, 3.05) is 38.1 Å². The maximum atomic E-state index is 13.9. The number of nitro benzene ring substituents is 1. The van der Waals surface area contributed by atoms with Crippen LogP contribution in [0.5, 0.6) is 0 Å². The first-order chi connectivity index (χ1) is 13.1. The number of aliphatic imine (C=N–C) groups is 1. The first kappa shape index (κ1) is 21.9. The highest BCUT2D eigenvalue weighted by Crippen LogP contribution is 2.20. The number of rotatable bonds is 4. The lowest BCUT2D eigenvalue weighted by Crippen LogP contribution is -2.52. The zero-order valence-corrected chi connectivity index (χ0v) is 17.9. The van der Waals surface area contributed by atoms with Crippen LogP contribution >= 0.6 is 24.0 Å². The van der Waals surface area contributed by atoms with Gasteiger partial charge in [-0.15, -0.1) is 24.0 Å².